The molecule has 12 nitrogen and oxygen atoms in total. The Morgan fingerprint density at radius 1 is 1.29 bits per heavy atom. The van der Waals surface area contributed by atoms with Gasteiger partial charge in [0.15, 0.2) is 5.37 Å². The summed E-state index contributed by atoms with van der Waals surface area (Å²) in [5.74, 6) is -3.63. The molecule has 0 saturated carbocycles. The Kier molecular flexibility index (Phi) is 9.13. The lowest BCUT2D eigenvalue weighted by Gasteiger charge is -2.41. The summed E-state index contributed by atoms with van der Waals surface area (Å²) < 4.78 is 4.62. The van der Waals surface area contributed by atoms with E-state index in [1.807, 2.05) is 0 Å². The first-order valence-electron chi connectivity index (χ1n) is 10.6. The molecule has 1 aliphatic heterocycles. The second-order valence-corrected chi connectivity index (χ2v) is 9.31. The molecule has 1 aliphatic rings. The second kappa shape index (κ2) is 11.4. The maximum Gasteiger partial charge on any atom is 0.514 e. The zero-order chi connectivity index (χ0) is 25.6. The number of hydrogen-bond donors (Lipinski definition) is 2. The fourth-order valence-corrected chi connectivity index (χ4v) is 5.37. The second-order valence-electron chi connectivity index (χ2n) is 8.19. The molecule has 34 heavy (non-hydrogen) atoms. The zero-order valence-electron chi connectivity index (χ0n) is 19.0. The molecule has 3 N–H and O–H groups in total. The number of likely N-dealkylation sites (tertiary alicyclic amines) is 1. The van der Waals surface area contributed by atoms with Crippen molar-refractivity contribution in [2.75, 3.05) is 6.54 Å². The van der Waals surface area contributed by atoms with Gasteiger partial charge in [-0.15, -0.1) is 10.1 Å². The fraction of sp³-hybridized carbons (Fsp3) is 0.524. The van der Waals surface area contributed by atoms with Gasteiger partial charge in [0, 0.05) is 18.4 Å². The predicted molar refractivity (Wildman–Crippen MR) is 120 cm³/mol. The smallest absolute Gasteiger partial charge is 0.435 e. The summed E-state index contributed by atoms with van der Waals surface area (Å²) in [6, 6.07) is 4.51. The number of thioether (sulfide) groups is 1. The van der Waals surface area contributed by atoms with Gasteiger partial charge in [-0.3, -0.25) is 9.59 Å². The lowest BCUT2D eigenvalue weighted by Crippen LogP contribution is -2.63. The maximum atomic E-state index is 13.1. The molecule has 0 spiro atoms. The Bertz CT molecular complexity index is 971. The molecular formula is C21H28N3O9S+. The summed E-state index contributed by atoms with van der Waals surface area (Å²) in [4.78, 5) is 65.5. The lowest BCUT2D eigenvalue weighted by molar-refractivity contribution is -0.879. The number of Topliss-reactive ketones (excluding diaryl/α,β-unsaturated/α-hetero) is 1. The minimum atomic E-state index is -1.28. The van der Waals surface area contributed by atoms with E-state index in [-0.39, 0.29) is 17.9 Å². The number of ether oxygens (including phenoxy) is 1. The zero-order valence-corrected chi connectivity index (χ0v) is 19.9. The molecule has 2 rings (SSSR count). The number of hydrogen-bond acceptors (Lipinski definition) is 10. The van der Waals surface area contributed by atoms with Gasteiger partial charge < -0.3 is 20.4 Å². The summed E-state index contributed by atoms with van der Waals surface area (Å²) in [7, 11) is 0. The van der Waals surface area contributed by atoms with Gasteiger partial charge in [0.05, 0.1) is 24.5 Å². The molecule has 0 radical (unpaired) electrons. The molecule has 5 atom stereocenters. The number of carbonyl (C=O) groups excluding carboxylic acids is 3. The summed E-state index contributed by atoms with van der Waals surface area (Å²) in [6.07, 6.45) is -0.0490. The van der Waals surface area contributed by atoms with Crippen LogP contribution in [-0.2, 0) is 25.8 Å². The predicted octanol–water partition coefficient (Wildman–Crippen LogP) is 2.12. The molecule has 1 aromatic rings. The molecule has 1 amide bonds. The van der Waals surface area contributed by atoms with Gasteiger partial charge in [0.2, 0.25) is 10.9 Å². The number of nitrogens with two attached hydrogens (primary N) is 1. The Balaban J connectivity index is 2.33. The van der Waals surface area contributed by atoms with Gasteiger partial charge >= 0.3 is 12.1 Å². The van der Waals surface area contributed by atoms with Crippen molar-refractivity contribution >= 4 is 34.7 Å². The van der Waals surface area contributed by atoms with Crippen LogP contribution in [0.2, 0.25) is 0 Å². The molecule has 1 heterocycles. The molecule has 0 aliphatic carbocycles. The van der Waals surface area contributed by atoms with Crippen LogP contribution in [0.5, 0.6) is 5.75 Å². The number of amides is 1. The van der Waals surface area contributed by atoms with Crippen molar-refractivity contribution in [2.24, 2.45) is 11.7 Å². The Morgan fingerprint density at radius 2 is 1.94 bits per heavy atom. The van der Waals surface area contributed by atoms with Gasteiger partial charge in [0.1, 0.15) is 12.4 Å². The molecule has 1 fully saturated rings. The molecule has 3 unspecified atom stereocenters. The van der Waals surface area contributed by atoms with E-state index >= 15 is 0 Å². The molecule has 0 bridgehead atoms. The molecular weight excluding hydrogens is 470 g/mol. The van der Waals surface area contributed by atoms with Crippen molar-refractivity contribution in [2.45, 2.75) is 57.7 Å². The number of ketones is 1. The van der Waals surface area contributed by atoms with E-state index in [1.165, 1.54) is 32.0 Å². The number of para-hydroxylation sites is 1. The van der Waals surface area contributed by atoms with E-state index < -0.39 is 62.5 Å². The normalized spacial score (nSPS) is 22.3. The first kappa shape index (κ1) is 27.2. The van der Waals surface area contributed by atoms with E-state index in [9.17, 15) is 34.4 Å². The molecule has 0 aromatic heterocycles. The monoisotopic (exact) mass is 498 g/mol. The topological polar surface area (TPSA) is 176 Å². The number of nitrogens with zero attached hydrogens (tertiary/aromatic N) is 2. The Labute approximate surface area is 200 Å². The highest BCUT2D eigenvalue weighted by molar-refractivity contribution is 8.14. The summed E-state index contributed by atoms with van der Waals surface area (Å²) in [5, 5.41) is 18.0. The highest BCUT2D eigenvalue weighted by Crippen LogP contribution is 2.40. The SMILES string of the molecule is CC(N)C(=O)SC([C@@H](C)C(=O)C(=O)Oc1ccccc1CO[N+](=O)[O-])[N+]1(C(=O)O)CCC[C@H]1C. The van der Waals surface area contributed by atoms with Gasteiger partial charge in [-0.25, -0.2) is 9.28 Å². The average molecular weight is 499 g/mol. The molecule has 186 valence electrons. The van der Waals surface area contributed by atoms with Crippen molar-refractivity contribution in [1.29, 1.82) is 0 Å². The van der Waals surface area contributed by atoms with Crippen LogP contribution in [0.1, 0.15) is 39.2 Å². The lowest BCUT2D eigenvalue weighted by atomic mass is 10.0. The first-order valence-corrected chi connectivity index (χ1v) is 11.5. The minimum Gasteiger partial charge on any atom is -0.435 e. The van der Waals surface area contributed by atoms with Crippen LogP contribution in [0, 0.1) is 16.0 Å². The van der Waals surface area contributed by atoms with E-state index in [4.69, 9.17) is 10.5 Å². The van der Waals surface area contributed by atoms with Crippen LogP contribution in [0.3, 0.4) is 0 Å². The Hall–Kier alpha value is -3.03. The Morgan fingerprint density at radius 3 is 2.47 bits per heavy atom. The first-order chi connectivity index (χ1) is 15.9. The third-order valence-electron chi connectivity index (χ3n) is 5.90. The van der Waals surface area contributed by atoms with Crippen molar-refractivity contribution in [3.8, 4) is 5.75 Å². The van der Waals surface area contributed by atoms with Crippen molar-refractivity contribution in [3.05, 3.63) is 39.9 Å². The van der Waals surface area contributed by atoms with Crippen LogP contribution in [0.4, 0.5) is 4.79 Å². The minimum absolute atomic E-state index is 0.109. The summed E-state index contributed by atoms with van der Waals surface area (Å²) in [6.45, 7) is 4.25. The number of benzene rings is 1. The van der Waals surface area contributed by atoms with E-state index in [1.54, 1.807) is 13.0 Å². The van der Waals surface area contributed by atoms with Crippen molar-refractivity contribution in [1.82, 2.24) is 0 Å². The van der Waals surface area contributed by atoms with E-state index in [2.05, 4.69) is 4.84 Å². The number of carbonyl (C=O) groups is 4. The van der Waals surface area contributed by atoms with Crippen LogP contribution >= 0.6 is 11.8 Å². The third kappa shape index (κ3) is 5.90. The number of quaternary nitrogens is 1. The van der Waals surface area contributed by atoms with Gasteiger partial charge in [-0.1, -0.05) is 18.2 Å². The maximum absolute atomic E-state index is 13.1. The molecule has 1 saturated heterocycles. The van der Waals surface area contributed by atoms with Crippen LogP contribution in [-0.4, -0.2) is 61.6 Å². The van der Waals surface area contributed by atoms with E-state index in [0.717, 1.165) is 0 Å². The van der Waals surface area contributed by atoms with Crippen LogP contribution < -0.4 is 10.5 Å². The highest BCUT2D eigenvalue weighted by Gasteiger charge is 2.57. The average Bonchev–Trinajstić information content (AvgIpc) is 3.17. The highest BCUT2D eigenvalue weighted by atomic mass is 32.2. The van der Waals surface area contributed by atoms with Gasteiger partial charge in [-0.05, 0) is 38.6 Å². The largest absolute Gasteiger partial charge is 0.514 e. The molecule has 1 aromatic carbocycles. The number of rotatable bonds is 10. The summed E-state index contributed by atoms with van der Waals surface area (Å²) >= 11 is 0.660. The molecule has 13 heteroatoms. The van der Waals surface area contributed by atoms with E-state index in [0.29, 0.717) is 24.6 Å². The number of carboxylic acid groups (broad SMARTS) is 1. The number of esters is 1. The van der Waals surface area contributed by atoms with Gasteiger partial charge in [0.25, 0.3) is 5.09 Å². The quantitative estimate of drug-likeness (QED) is 0.121. The standard InChI is InChI=1S/C21H27N3O9S/c1-12-7-6-10-24(12,21(28)29)18(34-20(27)14(3)22)13(2)17(25)19(26)33-16-9-5-4-8-15(16)11-32-23(30)31/h4-5,8-9,12-14,18H,6-7,10-11,22H2,1-3H3/p+1/t12-,13+,14?,18?,24?/m1/s1. The van der Waals surface area contributed by atoms with Crippen molar-refractivity contribution in [3.63, 3.8) is 0 Å². The van der Waals surface area contributed by atoms with Gasteiger partial charge in [-0.2, -0.15) is 4.79 Å². The fourth-order valence-electron chi connectivity index (χ4n) is 4.00. The van der Waals surface area contributed by atoms with Crippen molar-refractivity contribution < 1.29 is 43.4 Å². The summed E-state index contributed by atoms with van der Waals surface area (Å²) in [5.41, 5.74) is 5.84. The van der Waals surface area contributed by atoms with Crippen LogP contribution in [0.25, 0.3) is 0 Å². The third-order valence-corrected chi connectivity index (χ3v) is 7.53. The van der Waals surface area contributed by atoms with Crippen LogP contribution in [0.15, 0.2) is 24.3 Å².